The Balaban J connectivity index is 2.32. The van der Waals surface area contributed by atoms with Gasteiger partial charge in [-0.1, -0.05) is 12.1 Å². The van der Waals surface area contributed by atoms with Crippen molar-refractivity contribution in [3.05, 3.63) is 58.6 Å². The van der Waals surface area contributed by atoms with Crippen molar-refractivity contribution >= 4 is 33.0 Å². The van der Waals surface area contributed by atoms with Gasteiger partial charge in [0, 0.05) is 23.9 Å². The number of benzene rings is 2. The number of non-ortho nitro benzene ring substituents is 1. The number of anilines is 2. The maximum absolute atomic E-state index is 12.6. The van der Waals surface area contributed by atoms with Crippen molar-refractivity contribution in [3.63, 3.8) is 0 Å². The predicted octanol–water partition coefficient (Wildman–Crippen LogP) is 2.40. The SMILES string of the molecule is COc1cccc(N(C(C)C(=O)Nc2cccc([N+](=O)[O-])c2)S(C)(=O)=O)c1. The molecule has 1 amide bonds. The molecule has 2 aromatic rings. The fourth-order valence-corrected chi connectivity index (χ4v) is 3.67. The van der Waals surface area contributed by atoms with Crippen LogP contribution in [0.4, 0.5) is 17.1 Å². The van der Waals surface area contributed by atoms with Crippen LogP contribution in [-0.4, -0.2) is 38.7 Å². The number of methoxy groups -OCH3 is 1. The van der Waals surface area contributed by atoms with Gasteiger partial charge in [-0.25, -0.2) is 8.42 Å². The molecule has 1 atom stereocenters. The highest BCUT2D eigenvalue weighted by molar-refractivity contribution is 7.92. The van der Waals surface area contributed by atoms with Gasteiger partial charge in [-0.3, -0.25) is 19.2 Å². The summed E-state index contributed by atoms with van der Waals surface area (Å²) in [6, 6.07) is 10.6. The maximum atomic E-state index is 12.6. The van der Waals surface area contributed by atoms with E-state index in [4.69, 9.17) is 4.74 Å². The number of nitro benzene ring substituents is 1. The van der Waals surface area contributed by atoms with Crippen LogP contribution in [0.1, 0.15) is 6.92 Å². The number of sulfonamides is 1. The molecule has 144 valence electrons. The Labute approximate surface area is 156 Å². The largest absolute Gasteiger partial charge is 0.497 e. The van der Waals surface area contributed by atoms with Crippen molar-refractivity contribution in [2.24, 2.45) is 0 Å². The molecule has 2 aromatic carbocycles. The molecule has 0 saturated carbocycles. The number of nitro groups is 1. The lowest BCUT2D eigenvalue weighted by molar-refractivity contribution is -0.384. The molecule has 0 aromatic heterocycles. The molecule has 1 N–H and O–H groups in total. The Kier molecular flexibility index (Phi) is 6.01. The van der Waals surface area contributed by atoms with E-state index in [1.165, 1.54) is 44.4 Å². The van der Waals surface area contributed by atoms with Crippen LogP contribution in [0.3, 0.4) is 0 Å². The van der Waals surface area contributed by atoms with Crippen molar-refractivity contribution < 1.29 is 22.9 Å². The fourth-order valence-electron chi connectivity index (χ4n) is 2.50. The third-order valence-electron chi connectivity index (χ3n) is 3.72. The first-order valence-electron chi connectivity index (χ1n) is 7.82. The van der Waals surface area contributed by atoms with Gasteiger partial charge in [0.05, 0.1) is 24.0 Å². The first-order chi connectivity index (χ1) is 12.6. The number of carbonyl (C=O) groups excluding carboxylic acids is 1. The second-order valence-electron chi connectivity index (χ2n) is 5.73. The summed E-state index contributed by atoms with van der Waals surface area (Å²) in [6.45, 7) is 1.42. The third-order valence-corrected chi connectivity index (χ3v) is 4.96. The van der Waals surface area contributed by atoms with E-state index in [2.05, 4.69) is 5.32 Å². The molecule has 0 heterocycles. The van der Waals surface area contributed by atoms with Crippen molar-refractivity contribution in [2.75, 3.05) is 23.0 Å². The summed E-state index contributed by atoms with van der Waals surface area (Å²) >= 11 is 0. The number of hydrogen-bond acceptors (Lipinski definition) is 6. The molecular formula is C17H19N3O6S. The molecule has 0 saturated heterocycles. The van der Waals surface area contributed by atoms with Crippen LogP contribution >= 0.6 is 0 Å². The minimum absolute atomic E-state index is 0.187. The molecule has 0 aliphatic heterocycles. The van der Waals surface area contributed by atoms with E-state index in [-0.39, 0.29) is 17.1 Å². The normalized spacial score (nSPS) is 12.1. The zero-order chi connectivity index (χ0) is 20.2. The zero-order valence-corrected chi connectivity index (χ0v) is 15.8. The van der Waals surface area contributed by atoms with Gasteiger partial charge in [0.1, 0.15) is 11.8 Å². The lowest BCUT2D eigenvalue weighted by atomic mass is 10.2. The number of rotatable bonds is 7. The average Bonchev–Trinajstić information content (AvgIpc) is 2.61. The van der Waals surface area contributed by atoms with Crippen LogP contribution in [0.5, 0.6) is 5.75 Å². The highest BCUT2D eigenvalue weighted by atomic mass is 32.2. The average molecular weight is 393 g/mol. The summed E-state index contributed by atoms with van der Waals surface area (Å²) in [5, 5.41) is 13.4. The van der Waals surface area contributed by atoms with E-state index < -0.39 is 26.9 Å². The van der Waals surface area contributed by atoms with Gasteiger partial charge < -0.3 is 10.1 Å². The van der Waals surface area contributed by atoms with Gasteiger partial charge in [-0.15, -0.1) is 0 Å². The number of amides is 1. The summed E-state index contributed by atoms with van der Waals surface area (Å²) < 4.78 is 30.6. The molecular weight excluding hydrogens is 374 g/mol. The van der Waals surface area contributed by atoms with Gasteiger partial charge in [-0.2, -0.15) is 0 Å². The summed E-state index contributed by atoms with van der Waals surface area (Å²) in [5.41, 5.74) is 0.270. The van der Waals surface area contributed by atoms with E-state index >= 15 is 0 Å². The first-order valence-corrected chi connectivity index (χ1v) is 9.67. The molecule has 10 heteroatoms. The number of ether oxygens (including phenoxy) is 1. The Morgan fingerprint density at radius 1 is 1.22 bits per heavy atom. The van der Waals surface area contributed by atoms with E-state index in [0.717, 1.165) is 10.6 Å². The van der Waals surface area contributed by atoms with Crippen molar-refractivity contribution in [1.82, 2.24) is 0 Å². The molecule has 0 fully saturated rings. The molecule has 0 aliphatic carbocycles. The highest BCUT2D eigenvalue weighted by Gasteiger charge is 2.29. The van der Waals surface area contributed by atoms with Gasteiger partial charge in [0.25, 0.3) is 5.69 Å². The van der Waals surface area contributed by atoms with Crippen molar-refractivity contribution in [3.8, 4) is 5.75 Å². The smallest absolute Gasteiger partial charge is 0.271 e. The number of hydrogen-bond donors (Lipinski definition) is 1. The lowest BCUT2D eigenvalue weighted by Gasteiger charge is -2.28. The summed E-state index contributed by atoms with van der Waals surface area (Å²) in [4.78, 5) is 22.9. The van der Waals surface area contributed by atoms with Crippen LogP contribution < -0.4 is 14.4 Å². The van der Waals surface area contributed by atoms with Crippen molar-refractivity contribution in [1.29, 1.82) is 0 Å². The third kappa shape index (κ3) is 4.94. The highest BCUT2D eigenvalue weighted by Crippen LogP contribution is 2.26. The molecule has 0 bridgehead atoms. The van der Waals surface area contributed by atoms with Crippen LogP contribution in [0.25, 0.3) is 0 Å². The minimum atomic E-state index is -3.79. The number of nitrogens with zero attached hydrogens (tertiary/aromatic N) is 2. The van der Waals surface area contributed by atoms with Crippen LogP contribution in [0.2, 0.25) is 0 Å². The minimum Gasteiger partial charge on any atom is -0.497 e. The van der Waals surface area contributed by atoms with Gasteiger partial charge in [0.2, 0.25) is 15.9 Å². The van der Waals surface area contributed by atoms with Crippen LogP contribution in [0, 0.1) is 10.1 Å². The Morgan fingerprint density at radius 2 is 1.89 bits per heavy atom. The van der Waals surface area contributed by atoms with Gasteiger partial charge in [-0.05, 0) is 25.1 Å². The van der Waals surface area contributed by atoms with E-state index in [0.29, 0.717) is 5.75 Å². The van der Waals surface area contributed by atoms with E-state index in [1.54, 1.807) is 18.2 Å². The molecule has 9 nitrogen and oxygen atoms in total. The number of carbonyl (C=O) groups is 1. The Hall–Kier alpha value is -3.14. The molecule has 0 spiro atoms. The quantitative estimate of drug-likeness (QED) is 0.570. The first kappa shape index (κ1) is 20.2. The zero-order valence-electron chi connectivity index (χ0n) is 14.9. The number of nitrogens with one attached hydrogen (secondary N) is 1. The van der Waals surface area contributed by atoms with E-state index in [1.807, 2.05) is 0 Å². The fraction of sp³-hybridized carbons (Fsp3) is 0.235. The second kappa shape index (κ2) is 8.04. The standard InChI is InChI=1S/C17H19N3O6S/c1-12(17(21)18-13-6-4-8-15(10-13)20(22)23)19(27(3,24)25)14-7-5-9-16(11-14)26-2/h4-12H,1-3H3,(H,18,21). The summed E-state index contributed by atoms with van der Waals surface area (Å²) in [6.07, 6.45) is 0.990. The molecule has 0 radical (unpaired) electrons. The molecule has 27 heavy (non-hydrogen) atoms. The summed E-state index contributed by atoms with van der Waals surface area (Å²) in [7, 11) is -2.35. The van der Waals surface area contributed by atoms with Crippen molar-refractivity contribution in [2.45, 2.75) is 13.0 Å². The van der Waals surface area contributed by atoms with E-state index in [9.17, 15) is 23.3 Å². The monoisotopic (exact) mass is 393 g/mol. The van der Waals surface area contributed by atoms with Crippen LogP contribution in [-0.2, 0) is 14.8 Å². The lowest BCUT2D eigenvalue weighted by Crippen LogP contribution is -2.45. The summed E-state index contributed by atoms with van der Waals surface area (Å²) in [5.74, 6) is -0.198. The predicted molar refractivity (Wildman–Crippen MR) is 102 cm³/mol. The maximum Gasteiger partial charge on any atom is 0.271 e. The molecule has 1 unspecified atom stereocenters. The van der Waals surface area contributed by atoms with Gasteiger partial charge in [0.15, 0.2) is 0 Å². The topological polar surface area (TPSA) is 119 Å². The second-order valence-corrected chi connectivity index (χ2v) is 7.59. The Bertz CT molecular complexity index is 961. The Morgan fingerprint density at radius 3 is 2.48 bits per heavy atom. The molecule has 0 aliphatic rings. The van der Waals surface area contributed by atoms with Crippen LogP contribution in [0.15, 0.2) is 48.5 Å². The molecule has 2 rings (SSSR count). The van der Waals surface area contributed by atoms with Gasteiger partial charge >= 0.3 is 0 Å².